The van der Waals surface area contributed by atoms with Gasteiger partial charge in [0.25, 0.3) is 5.56 Å². The Balaban J connectivity index is 1.47. The van der Waals surface area contributed by atoms with Crippen LogP contribution in [0.5, 0.6) is 5.75 Å². The van der Waals surface area contributed by atoms with Gasteiger partial charge in [0.2, 0.25) is 0 Å². The average molecular weight is 414 g/mol. The summed E-state index contributed by atoms with van der Waals surface area (Å²) in [6, 6.07) is 19.4. The Hall–Kier alpha value is -4.13. The Morgan fingerprint density at radius 2 is 1.81 bits per heavy atom. The second-order valence-corrected chi connectivity index (χ2v) is 7.25. The number of anilines is 2. The summed E-state index contributed by atoms with van der Waals surface area (Å²) in [7, 11) is 0. The van der Waals surface area contributed by atoms with E-state index in [0.29, 0.717) is 28.5 Å². The van der Waals surface area contributed by atoms with Crippen LogP contribution >= 0.6 is 0 Å². The van der Waals surface area contributed by atoms with Crippen LogP contribution in [0.3, 0.4) is 0 Å². The van der Waals surface area contributed by atoms with Crippen molar-refractivity contribution in [2.45, 2.75) is 20.5 Å². The van der Waals surface area contributed by atoms with Gasteiger partial charge in [0, 0.05) is 18.0 Å². The molecule has 2 aromatic heterocycles. The summed E-state index contributed by atoms with van der Waals surface area (Å²) in [4.78, 5) is 29.3. The molecule has 31 heavy (non-hydrogen) atoms. The zero-order valence-electron chi connectivity index (χ0n) is 17.3. The van der Waals surface area contributed by atoms with Gasteiger partial charge in [-0.15, -0.1) is 0 Å². The van der Waals surface area contributed by atoms with E-state index in [1.54, 1.807) is 30.5 Å². The minimum atomic E-state index is -0.376. The van der Waals surface area contributed by atoms with Gasteiger partial charge in [-0.1, -0.05) is 30.3 Å². The summed E-state index contributed by atoms with van der Waals surface area (Å²) in [5, 5.41) is 5.60. The predicted octanol–water partition coefficient (Wildman–Crippen LogP) is 4.53. The summed E-state index contributed by atoms with van der Waals surface area (Å²) in [5.74, 6) is 0.479. The number of aromatic nitrogens is 2. The highest BCUT2D eigenvalue weighted by Gasteiger charge is 2.10. The van der Waals surface area contributed by atoms with Crippen LogP contribution in [0.15, 0.2) is 77.7 Å². The van der Waals surface area contributed by atoms with Gasteiger partial charge in [-0.3, -0.25) is 9.20 Å². The van der Waals surface area contributed by atoms with Crippen molar-refractivity contribution in [2.24, 2.45) is 0 Å². The van der Waals surface area contributed by atoms with Gasteiger partial charge in [0.15, 0.2) is 0 Å². The van der Waals surface area contributed by atoms with Crippen LogP contribution in [-0.4, -0.2) is 15.4 Å². The van der Waals surface area contributed by atoms with Crippen molar-refractivity contribution in [2.75, 3.05) is 10.6 Å². The Labute approximate surface area is 179 Å². The number of para-hydroxylation sites is 2. The molecule has 7 heteroatoms. The fourth-order valence-electron chi connectivity index (χ4n) is 3.19. The van der Waals surface area contributed by atoms with Crippen LogP contribution in [0.1, 0.15) is 16.8 Å². The number of urea groups is 1. The normalized spacial score (nSPS) is 10.6. The van der Waals surface area contributed by atoms with E-state index in [4.69, 9.17) is 4.74 Å². The molecular formula is C24H22N4O3. The lowest BCUT2D eigenvalue weighted by atomic mass is 10.2. The van der Waals surface area contributed by atoms with Crippen LogP contribution < -0.4 is 20.9 Å². The molecule has 0 bridgehead atoms. The smallest absolute Gasteiger partial charge is 0.323 e. The maximum atomic E-state index is 12.4. The van der Waals surface area contributed by atoms with Crippen molar-refractivity contribution >= 4 is 23.1 Å². The number of carbonyl (C=O) groups excluding carboxylic acids is 1. The number of nitrogens with one attached hydrogen (secondary N) is 2. The topological polar surface area (TPSA) is 84.7 Å². The number of aryl methyl sites for hydroxylation is 2. The van der Waals surface area contributed by atoms with Crippen molar-refractivity contribution in [3.05, 3.63) is 100 Å². The summed E-state index contributed by atoms with van der Waals surface area (Å²) >= 11 is 0. The molecule has 4 rings (SSSR count). The minimum Gasteiger partial charge on any atom is -0.485 e. The lowest BCUT2D eigenvalue weighted by Gasteiger charge is -2.13. The number of hydrogen-bond donors (Lipinski definition) is 2. The molecule has 0 atom stereocenters. The van der Waals surface area contributed by atoms with Crippen molar-refractivity contribution < 1.29 is 9.53 Å². The number of ether oxygens (including phenoxy) is 1. The first-order valence-corrected chi connectivity index (χ1v) is 9.83. The molecule has 0 saturated heterocycles. The number of fused-ring (bicyclic) bond motifs is 1. The molecule has 0 unspecified atom stereocenters. The summed E-state index contributed by atoms with van der Waals surface area (Å²) in [5.41, 5.74) is 4.14. The largest absolute Gasteiger partial charge is 0.485 e. The number of benzene rings is 2. The Morgan fingerprint density at radius 1 is 0.968 bits per heavy atom. The average Bonchev–Trinajstić information content (AvgIpc) is 2.73. The number of rotatable bonds is 5. The number of nitrogens with zero attached hydrogens (tertiary/aromatic N) is 2. The number of pyridine rings is 1. The lowest BCUT2D eigenvalue weighted by Crippen LogP contribution is -2.20. The molecule has 2 amide bonds. The molecule has 4 aromatic rings. The maximum Gasteiger partial charge on any atom is 0.323 e. The van der Waals surface area contributed by atoms with Crippen LogP contribution in [0.2, 0.25) is 0 Å². The third-order valence-electron chi connectivity index (χ3n) is 4.65. The third-order valence-corrected chi connectivity index (χ3v) is 4.65. The van der Waals surface area contributed by atoms with E-state index >= 15 is 0 Å². The zero-order valence-corrected chi connectivity index (χ0v) is 17.3. The molecule has 2 aromatic carbocycles. The molecule has 0 aliphatic heterocycles. The van der Waals surface area contributed by atoms with Gasteiger partial charge in [-0.25, -0.2) is 9.78 Å². The second-order valence-electron chi connectivity index (χ2n) is 7.25. The van der Waals surface area contributed by atoms with Gasteiger partial charge >= 0.3 is 6.03 Å². The van der Waals surface area contributed by atoms with Crippen LogP contribution in [-0.2, 0) is 6.61 Å². The number of amides is 2. The van der Waals surface area contributed by atoms with Crippen LogP contribution in [0.25, 0.3) is 5.65 Å². The van der Waals surface area contributed by atoms with E-state index in [9.17, 15) is 9.59 Å². The minimum absolute atomic E-state index is 0.0950. The maximum absolute atomic E-state index is 12.4. The van der Waals surface area contributed by atoms with E-state index in [-0.39, 0.29) is 18.2 Å². The van der Waals surface area contributed by atoms with Crippen molar-refractivity contribution in [1.82, 2.24) is 9.38 Å². The number of carbonyl (C=O) groups is 1. The van der Waals surface area contributed by atoms with Gasteiger partial charge in [0.1, 0.15) is 18.0 Å². The van der Waals surface area contributed by atoms with E-state index < -0.39 is 0 Å². The van der Waals surface area contributed by atoms with Gasteiger partial charge in [-0.2, -0.15) is 0 Å². The van der Waals surface area contributed by atoms with Crippen LogP contribution in [0.4, 0.5) is 16.2 Å². The summed E-state index contributed by atoms with van der Waals surface area (Å²) in [6.45, 7) is 3.97. The van der Waals surface area contributed by atoms with Crippen molar-refractivity contribution in [3.8, 4) is 5.75 Å². The SMILES string of the molecule is Cc1cccc(NC(=O)Nc2ccccc2OCc2cc(=O)n3cc(C)ccc3n2)c1. The molecule has 0 aliphatic rings. The Kier molecular flexibility index (Phi) is 5.66. The third kappa shape index (κ3) is 4.90. The standard InChI is InChI=1S/C24H22N4O3/c1-16-6-5-7-18(12-16)26-24(30)27-20-8-3-4-9-21(20)31-15-19-13-23(29)28-14-17(2)10-11-22(28)25-19/h3-14H,15H2,1-2H3,(H2,26,27,30). The molecule has 156 valence electrons. The first kappa shape index (κ1) is 20.2. The van der Waals surface area contributed by atoms with Crippen LogP contribution in [0, 0.1) is 13.8 Å². The highest BCUT2D eigenvalue weighted by molar-refractivity contribution is 6.00. The molecule has 0 spiro atoms. The first-order chi connectivity index (χ1) is 15.0. The Bertz CT molecular complexity index is 1310. The lowest BCUT2D eigenvalue weighted by molar-refractivity contribution is 0.261. The monoisotopic (exact) mass is 414 g/mol. The fourth-order valence-corrected chi connectivity index (χ4v) is 3.19. The van der Waals surface area contributed by atoms with Gasteiger partial charge in [-0.05, 0) is 55.3 Å². The summed E-state index contributed by atoms with van der Waals surface area (Å²) in [6.07, 6.45) is 1.75. The van der Waals surface area contributed by atoms with Gasteiger partial charge < -0.3 is 15.4 Å². The Morgan fingerprint density at radius 3 is 2.65 bits per heavy atom. The quantitative estimate of drug-likeness (QED) is 0.502. The first-order valence-electron chi connectivity index (χ1n) is 9.83. The molecular weight excluding hydrogens is 392 g/mol. The van der Waals surface area contributed by atoms with E-state index in [1.165, 1.54) is 10.5 Å². The number of hydrogen-bond acceptors (Lipinski definition) is 4. The summed E-state index contributed by atoms with van der Waals surface area (Å²) < 4.78 is 7.37. The molecule has 2 N–H and O–H groups in total. The second kappa shape index (κ2) is 8.71. The van der Waals surface area contributed by atoms with Crippen molar-refractivity contribution in [1.29, 1.82) is 0 Å². The molecule has 7 nitrogen and oxygen atoms in total. The highest BCUT2D eigenvalue weighted by Crippen LogP contribution is 2.25. The predicted molar refractivity (Wildman–Crippen MR) is 121 cm³/mol. The van der Waals surface area contributed by atoms with E-state index in [1.807, 2.05) is 50.2 Å². The molecule has 0 saturated carbocycles. The van der Waals surface area contributed by atoms with E-state index in [0.717, 1.165) is 11.1 Å². The van der Waals surface area contributed by atoms with Gasteiger partial charge in [0.05, 0.1) is 11.4 Å². The fraction of sp³-hybridized carbons (Fsp3) is 0.125. The van der Waals surface area contributed by atoms with E-state index in [2.05, 4.69) is 15.6 Å². The molecule has 2 heterocycles. The zero-order chi connectivity index (χ0) is 21.8. The molecule has 0 fully saturated rings. The molecule has 0 radical (unpaired) electrons. The highest BCUT2D eigenvalue weighted by atomic mass is 16.5. The molecule has 0 aliphatic carbocycles. The van der Waals surface area contributed by atoms with Crippen molar-refractivity contribution in [3.63, 3.8) is 0 Å².